The highest BCUT2D eigenvalue weighted by Gasteiger charge is 2.13. The molecule has 0 bridgehead atoms. The molecule has 1 aromatic rings. The number of benzene rings is 1. The van der Waals surface area contributed by atoms with Crippen LogP contribution >= 0.6 is 0 Å². The Labute approximate surface area is 106 Å². The molecule has 0 spiro atoms. The molecule has 0 amide bonds. The number of carbonyl (C=O) groups excluding carboxylic acids is 1. The van der Waals surface area contributed by atoms with Gasteiger partial charge in [-0.3, -0.25) is 4.18 Å². The van der Waals surface area contributed by atoms with Gasteiger partial charge in [-0.2, -0.15) is 5.26 Å². The van der Waals surface area contributed by atoms with Gasteiger partial charge in [-0.05, 0) is 29.6 Å². The van der Waals surface area contributed by atoms with Crippen molar-refractivity contribution in [3.63, 3.8) is 0 Å². The van der Waals surface area contributed by atoms with E-state index in [-0.39, 0.29) is 12.2 Å². The lowest BCUT2D eigenvalue weighted by Gasteiger charge is -2.09. The fourth-order valence-electron chi connectivity index (χ4n) is 1.28. The van der Waals surface area contributed by atoms with Crippen molar-refractivity contribution < 1.29 is 17.9 Å². The maximum absolute atomic E-state index is 11.5. The van der Waals surface area contributed by atoms with E-state index in [1.807, 2.05) is 6.07 Å². The van der Waals surface area contributed by atoms with Crippen LogP contribution in [0.25, 0.3) is 0 Å². The molecule has 1 unspecified atom stereocenters. The van der Waals surface area contributed by atoms with Crippen LogP contribution in [0.15, 0.2) is 18.2 Å². The van der Waals surface area contributed by atoms with Crippen molar-refractivity contribution in [1.29, 1.82) is 5.26 Å². The van der Waals surface area contributed by atoms with Gasteiger partial charge >= 0.3 is 5.97 Å². The molecule has 0 saturated heterocycles. The first-order valence-electron chi connectivity index (χ1n) is 4.95. The molecule has 0 N–H and O–H groups in total. The second kappa shape index (κ2) is 5.67. The van der Waals surface area contributed by atoms with Gasteiger partial charge in [0.2, 0.25) is 0 Å². The molecule has 6 heteroatoms. The van der Waals surface area contributed by atoms with E-state index >= 15 is 0 Å². The van der Waals surface area contributed by atoms with Gasteiger partial charge in [0, 0.05) is 6.26 Å². The van der Waals surface area contributed by atoms with Crippen LogP contribution in [0.1, 0.15) is 21.5 Å². The van der Waals surface area contributed by atoms with Gasteiger partial charge in [0.15, 0.2) is 0 Å². The van der Waals surface area contributed by atoms with Gasteiger partial charge in [-0.1, -0.05) is 0 Å². The second-order valence-corrected chi connectivity index (χ2v) is 5.75. The number of rotatable bonds is 4. The third kappa shape index (κ3) is 3.87. The van der Waals surface area contributed by atoms with Gasteiger partial charge < -0.3 is 4.74 Å². The lowest BCUT2D eigenvalue weighted by molar-refractivity contribution is 0.0598. The van der Waals surface area contributed by atoms with Crippen molar-refractivity contribution in [1.82, 2.24) is 0 Å². The lowest BCUT2D eigenvalue weighted by Crippen LogP contribution is -2.09. The first-order chi connectivity index (χ1) is 8.37. The molecule has 0 saturated carbocycles. The molecular formula is C12H13NO4S. The van der Waals surface area contributed by atoms with Gasteiger partial charge in [0.05, 0.1) is 40.7 Å². The summed E-state index contributed by atoms with van der Waals surface area (Å²) in [6.07, 6.45) is 1.35. The minimum atomic E-state index is -2.63. The normalized spacial score (nSPS) is 13.4. The predicted octanol–water partition coefficient (Wildman–Crippen LogP) is 1.12. The molecule has 5 nitrogen and oxygen atoms in total. The molecule has 1 aromatic carbocycles. The SMILES string of the molecule is C=S(C)(=O)OCc1cc(C#N)ccc1C(=O)OC. The fourth-order valence-corrected chi connectivity index (χ4v) is 1.66. The summed E-state index contributed by atoms with van der Waals surface area (Å²) in [5.74, 6) is 2.81. The highest BCUT2D eigenvalue weighted by Crippen LogP contribution is 2.15. The Bertz CT molecular complexity index is 599. The number of carbonyl (C=O) groups is 1. The Morgan fingerprint density at radius 3 is 2.72 bits per heavy atom. The van der Waals surface area contributed by atoms with Crippen LogP contribution < -0.4 is 0 Å². The Hall–Kier alpha value is -1.84. The van der Waals surface area contributed by atoms with Crippen LogP contribution in [-0.4, -0.2) is 29.4 Å². The van der Waals surface area contributed by atoms with Crippen molar-refractivity contribution in [2.75, 3.05) is 13.4 Å². The fraction of sp³-hybridized carbons (Fsp3) is 0.250. The van der Waals surface area contributed by atoms with Crippen LogP contribution in [0, 0.1) is 11.3 Å². The first kappa shape index (κ1) is 14.2. The maximum Gasteiger partial charge on any atom is 0.338 e. The number of hydrogen-bond acceptors (Lipinski definition) is 5. The topological polar surface area (TPSA) is 76.4 Å². The number of hydrogen-bond donors (Lipinski definition) is 0. The molecule has 0 heterocycles. The molecule has 96 valence electrons. The molecule has 1 atom stereocenters. The number of methoxy groups -OCH3 is 1. The summed E-state index contributed by atoms with van der Waals surface area (Å²) in [4.78, 5) is 11.5. The van der Waals surface area contributed by atoms with Crippen LogP contribution in [0.2, 0.25) is 0 Å². The largest absolute Gasteiger partial charge is 0.465 e. The molecule has 0 fully saturated rings. The summed E-state index contributed by atoms with van der Waals surface area (Å²) in [6.45, 7) is -0.0706. The zero-order valence-corrected chi connectivity index (χ0v) is 11.0. The minimum absolute atomic E-state index is 0.0706. The standard InChI is InChI=1S/C12H13NO4S/c1-16-12(14)11-5-4-9(7-13)6-10(11)8-17-18(2,3)15/h4-6H,2,8H2,1,3H3. The average Bonchev–Trinajstić information content (AvgIpc) is 2.34. The molecule has 18 heavy (non-hydrogen) atoms. The van der Waals surface area contributed by atoms with E-state index in [0.717, 1.165) is 0 Å². The number of esters is 1. The van der Waals surface area contributed by atoms with Gasteiger partial charge in [-0.25, -0.2) is 9.00 Å². The Morgan fingerprint density at radius 1 is 1.56 bits per heavy atom. The van der Waals surface area contributed by atoms with Crippen LogP contribution in [-0.2, 0) is 25.3 Å². The van der Waals surface area contributed by atoms with E-state index in [4.69, 9.17) is 9.44 Å². The summed E-state index contributed by atoms with van der Waals surface area (Å²) < 4.78 is 21.0. The van der Waals surface area contributed by atoms with Gasteiger partial charge in [0.1, 0.15) is 0 Å². The molecule has 0 radical (unpaired) electrons. The Kier molecular flexibility index (Phi) is 4.48. The van der Waals surface area contributed by atoms with E-state index in [9.17, 15) is 9.00 Å². The van der Waals surface area contributed by atoms with Crippen molar-refractivity contribution in [2.45, 2.75) is 6.61 Å². The van der Waals surface area contributed by atoms with Crippen LogP contribution in [0.5, 0.6) is 0 Å². The van der Waals surface area contributed by atoms with Gasteiger partial charge in [-0.15, -0.1) is 0 Å². The zero-order chi connectivity index (χ0) is 13.8. The van der Waals surface area contributed by atoms with Crippen molar-refractivity contribution in [3.05, 3.63) is 34.9 Å². The third-order valence-electron chi connectivity index (χ3n) is 2.10. The molecular weight excluding hydrogens is 254 g/mol. The molecule has 0 aliphatic heterocycles. The quantitative estimate of drug-likeness (QED) is 0.603. The van der Waals surface area contributed by atoms with E-state index in [0.29, 0.717) is 11.1 Å². The zero-order valence-electron chi connectivity index (χ0n) is 10.1. The maximum atomic E-state index is 11.5. The average molecular weight is 267 g/mol. The number of nitriles is 1. The smallest absolute Gasteiger partial charge is 0.338 e. The highest BCUT2D eigenvalue weighted by atomic mass is 32.2. The number of ether oxygens (including phenoxy) is 1. The Morgan fingerprint density at radius 2 is 2.22 bits per heavy atom. The van der Waals surface area contributed by atoms with Gasteiger partial charge in [0.25, 0.3) is 0 Å². The molecule has 0 aliphatic carbocycles. The monoisotopic (exact) mass is 267 g/mol. The van der Waals surface area contributed by atoms with E-state index in [2.05, 4.69) is 10.6 Å². The summed E-state index contributed by atoms with van der Waals surface area (Å²) in [7, 11) is -1.37. The Balaban J connectivity index is 3.13. The summed E-state index contributed by atoms with van der Waals surface area (Å²) in [5, 5.41) is 8.80. The predicted molar refractivity (Wildman–Crippen MR) is 68.5 cm³/mol. The van der Waals surface area contributed by atoms with E-state index in [1.165, 1.54) is 31.6 Å². The van der Waals surface area contributed by atoms with E-state index in [1.54, 1.807) is 0 Å². The van der Waals surface area contributed by atoms with Crippen LogP contribution in [0.4, 0.5) is 0 Å². The molecule has 0 aromatic heterocycles. The molecule has 1 rings (SSSR count). The van der Waals surface area contributed by atoms with Crippen molar-refractivity contribution in [3.8, 4) is 6.07 Å². The lowest BCUT2D eigenvalue weighted by atomic mass is 10.1. The summed E-state index contributed by atoms with van der Waals surface area (Å²) in [6, 6.07) is 6.43. The van der Waals surface area contributed by atoms with E-state index < -0.39 is 15.8 Å². The number of nitrogens with zero attached hydrogens (tertiary/aromatic N) is 1. The van der Waals surface area contributed by atoms with Crippen molar-refractivity contribution in [2.24, 2.45) is 0 Å². The first-order valence-corrected chi connectivity index (χ1v) is 7.01. The second-order valence-electron chi connectivity index (χ2n) is 3.66. The van der Waals surface area contributed by atoms with Crippen molar-refractivity contribution >= 4 is 21.6 Å². The third-order valence-corrected chi connectivity index (χ3v) is 2.72. The molecule has 0 aliphatic rings. The summed E-state index contributed by atoms with van der Waals surface area (Å²) in [5.41, 5.74) is 1.10. The van der Waals surface area contributed by atoms with Crippen LogP contribution in [0.3, 0.4) is 0 Å². The summed E-state index contributed by atoms with van der Waals surface area (Å²) >= 11 is 0. The highest BCUT2D eigenvalue weighted by molar-refractivity contribution is 7.95. The minimum Gasteiger partial charge on any atom is -0.465 e.